The van der Waals surface area contributed by atoms with Crippen LogP contribution >= 0.6 is 11.3 Å². The minimum atomic E-state index is 0.0934. The third-order valence-corrected chi connectivity index (χ3v) is 6.16. The number of rotatable bonds is 3. The summed E-state index contributed by atoms with van der Waals surface area (Å²) < 4.78 is 0. The quantitative estimate of drug-likeness (QED) is 0.679. The number of amides is 1. The fourth-order valence-electron chi connectivity index (χ4n) is 3.53. The molecule has 0 bridgehead atoms. The molecule has 0 atom stereocenters. The molecule has 1 amide bonds. The Labute approximate surface area is 164 Å². The molecule has 3 heterocycles. The fraction of sp³-hybridized carbons (Fsp3) is 0.273. The van der Waals surface area contributed by atoms with Gasteiger partial charge < -0.3 is 9.80 Å². The molecule has 0 N–H and O–H groups in total. The molecule has 0 aliphatic carbocycles. The maximum Gasteiger partial charge on any atom is 0.254 e. The Balaban J connectivity index is 1.46. The van der Waals surface area contributed by atoms with Gasteiger partial charge in [-0.1, -0.05) is 18.2 Å². The Morgan fingerprint density at radius 2 is 1.85 bits per heavy atom. The van der Waals surface area contributed by atoms with E-state index in [2.05, 4.69) is 41.9 Å². The molecule has 1 aliphatic heterocycles. The van der Waals surface area contributed by atoms with E-state index in [9.17, 15) is 4.79 Å². The highest BCUT2D eigenvalue weighted by Crippen LogP contribution is 2.25. The van der Waals surface area contributed by atoms with Crippen molar-refractivity contribution in [3.8, 4) is 10.6 Å². The summed E-state index contributed by atoms with van der Waals surface area (Å²) in [6.07, 6.45) is 1.73. The van der Waals surface area contributed by atoms with Gasteiger partial charge in [-0.2, -0.15) is 0 Å². The van der Waals surface area contributed by atoms with Crippen molar-refractivity contribution in [2.24, 2.45) is 0 Å². The molecule has 0 saturated carbocycles. The van der Waals surface area contributed by atoms with E-state index in [0.717, 1.165) is 36.8 Å². The zero-order valence-electron chi connectivity index (χ0n) is 15.7. The van der Waals surface area contributed by atoms with Crippen molar-refractivity contribution in [1.82, 2.24) is 9.88 Å². The van der Waals surface area contributed by atoms with Crippen LogP contribution in [0.1, 0.15) is 21.5 Å². The van der Waals surface area contributed by atoms with E-state index in [1.54, 1.807) is 17.5 Å². The number of pyridine rings is 1. The summed E-state index contributed by atoms with van der Waals surface area (Å²) in [6.45, 7) is 7.52. The van der Waals surface area contributed by atoms with Crippen molar-refractivity contribution >= 4 is 22.9 Å². The molecule has 4 rings (SSSR count). The van der Waals surface area contributed by atoms with Gasteiger partial charge in [-0.15, -0.1) is 11.3 Å². The SMILES string of the molecule is Cc1cccc(N2CCN(C(=O)c3ccnc(-c4cccs4)c3)CC2)c1C. The first kappa shape index (κ1) is 17.7. The first-order valence-corrected chi connectivity index (χ1v) is 10.1. The number of aryl methyl sites for hydroxylation is 1. The predicted molar refractivity (Wildman–Crippen MR) is 112 cm³/mol. The van der Waals surface area contributed by atoms with Crippen molar-refractivity contribution in [1.29, 1.82) is 0 Å². The lowest BCUT2D eigenvalue weighted by atomic mass is 10.1. The summed E-state index contributed by atoms with van der Waals surface area (Å²) in [4.78, 5) is 22.8. The lowest BCUT2D eigenvalue weighted by Gasteiger charge is -2.37. The normalized spacial score (nSPS) is 14.4. The van der Waals surface area contributed by atoms with Crippen LogP contribution in [-0.2, 0) is 0 Å². The molecule has 1 aliphatic rings. The van der Waals surface area contributed by atoms with Crippen molar-refractivity contribution in [2.75, 3.05) is 31.1 Å². The number of piperazine rings is 1. The molecule has 0 radical (unpaired) electrons. The van der Waals surface area contributed by atoms with Gasteiger partial charge in [0.1, 0.15) is 0 Å². The molecule has 0 spiro atoms. The van der Waals surface area contributed by atoms with Crippen molar-refractivity contribution in [2.45, 2.75) is 13.8 Å². The van der Waals surface area contributed by atoms with E-state index in [1.165, 1.54) is 16.8 Å². The van der Waals surface area contributed by atoms with Gasteiger partial charge in [0.15, 0.2) is 0 Å². The van der Waals surface area contributed by atoms with Crippen LogP contribution in [0.5, 0.6) is 0 Å². The lowest BCUT2D eigenvalue weighted by molar-refractivity contribution is 0.0746. The molecule has 138 valence electrons. The standard InChI is InChI=1S/C22H23N3OS/c1-16-5-3-6-20(17(16)2)24-10-12-25(13-11-24)22(26)18-8-9-23-19(15-18)21-7-4-14-27-21/h3-9,14-15H,10-13H2,1-2H3. The Morgan fingerprint density at radius 3 is 2.59 bits per heavy atom. The number of hydrogen-bond donors (Lipinski definition) is 0. The van der Waals surface area contributed by atoms with Gasteiger partial charge in [-0.3, -0.25) is 9.78 Å². The number of carbonyl (C=O) groups excluding carboxylic acids is 1. The highest BCUT2D eigenvalue weighted by atomic mass is 32.1. The predicted octanol–water partition coefficient (Wildman–Crippen LogP) is 4.39. The Hall–Kier alpha value is -2.66. The molecule has 2 aromatic heterocycles. The van der Waals surface area contributed by atoms with Gasteiger partial charge in [-0.25, -0.2) is 0 Å². The Morgan fingerprint density at radius 1 is 1.04 bits per heavy atom. The highest BCUT2D eigenvalue weighted by Gasteiger charge is 2.23. The van der Waals surface area contributed by atoms with E-state index >= 15 is 0 Å². The Bertz CT molecular complexity index is 944. The lowest BCUT2D eigenvalue weighted by Crippen LogP contribution is -2.49. The van der Waals surface area contributed by atoms with Crippen LogP contribution < -0.4 is 4.90 Å². The monoisotopic (exact) mass is 377 g/mol. The average Bonchev–Trinajstić information content (AvgIpc) is 3.25. The molecule has 1 aromatic carbocycles. The molecule has 0 unspecified atom stereocenters. The summed E-state index contributed by atoms with van der Waals surface area (Å²) in [6, 6.07) is 14.2. The van der Waals surface area contributed by atoms with E-state index in [4.69, 9.17) is 0 Å². The van der Waals surface area contributed by atoms with Crippen LogP contribution in [0.4, 0.5) is 5.69 Å². The van der Waals surface area contributed by atoms with Gasteiger partial charge in [0.2, 0.25) is 0 Å². The summed E-state index contributed by atoms with van der Waals surface area (Å²) in [5.74, 6) is 0.0934. The van der Waals surface area contributed by atoms with Crippen LogP contribution in [0, 0.1) is 13.8 Å². The van der Waals surface area contributed by atoms with Crippen molar-refractivity contribution in [3.05, 3.63) is 70.7 Å². The smallest absolute Gasteiger partial charge is 0.254 e. The molecule has 4 nitrogen and oxygen atoms in total. The first-order chi connectivity index (χ1) is 13.1. The molecule has 5 heteroatoms. The Kier molecular flexibility index (Phi) is 4.94. The zero-order valence-corrected chi connectivity index (χ0v) is 16.5. The second kappa shape index (κ2) is 7.53. The van der Waals surface area contributed by atoms with E-state index in [-0.39, 0.29) is 5.91 Å². The zero-order chi connectivity index (χ0) is 18.8. The first-order valence-electron chi connectivity index (χ1n) is 9.24. The number of anilines is 1. The van der Waals surface area contributed by atoms with E-state index in [1.807, 2.05) is 34.5 Å². The maximum absolute atomic E-state index is 13.0. The van der Waals surface area contributed by atoms with Crippen molar-refractivity contribution < 1.29 is 4.79 Å². The number of aromatic nitrogens is 1. The van der Waals surface area contributed by atoms with Gasteiger partial charge in [0.25, 0.3) is 5.91 Å². The summed E-state index contributed by atoms with van der Waals surface area (Å²) in [5.41, 5.74) is 5.50. The van der Waals surface area contributed by atoms with E-state index < -0.39 is 0 Å². The maximum atomic E-state index is 13.0. The number of carbonyl (C=O) groups is 1. The highest BCUT2D eigenvalue weighted by molar-refractivity contribution is 7.13. The third kappa shape index (κ3) is 3.60. The number of benzene rings is 1. The van der Waals surface area contributed by atoms with E-state index in [0.29, 0.717) is 5.56 Å². The van der Waals surface area contributed by atoms with Gasteiger partial charge in [0.05, 0.1) is 10.6 Å². The van der Waals surface area contributed by atoms with Crippen LogP contribution in [0.3, 0.4) is 0 Å². The fourth-order valence-corrected chi connectivity index (χ4v) is 4.23. The summed E-state index contributed by atoms with van der Waals surface area (Å²) in [7, 11) is 0. The van der Waals surface area contributed by atoms with Crippen LogP contribution in [-0.4, -0.2) is 42.0 Å². The van der Waals surface area contributed by atoms with Crippen LogP contribution in [0.15, 0.2) is 54.0 Å². The van der Waals surface area contributed by atoms with Gasteiger partial charge in [-0.05, 0) is 54.6 Å². The van der Waals surface area contributed by atoms with Crippen LogP contribution in [0.2, 0.25) is 0 Å². The van der Waals surface area contributed by atoms with Gasteiger partial charge >= 0.3 is 0 Å². The number of hydrogen-bond acceptors (Lipinski definition) is 4. The van der Waals surface area contributed by atoms with Crippen LogP contribution in [0.25, 0.3) is 10.6 Å². The molecular formula is C22H23N3OS. The largest absolute Gasteiger partial charge is 0.368 e. The average molecular weight is 378 g/mol. The van der Waals surface area contributed by atoms with Gasteiger partial charge in [0, 0.05) is 43.6 Å². The molecule has 3 aromatic rings. The second-order valence-corrected chi connectivity index (χ2v) is 7.85. The minimum Gasteiger partial charge on any atom is -0.368 e. The summed E-state index contributed by atoms with van der Waals surface area (Å²) >= 11 is 1.64. The molecule has 1 saturated heterocycles. The number of nitrogens with zero attached hydrogens (tertiary/aromatic N) is 3. The van der Waals surface area contributed by atoms with Crippen molar-refractivity contribution in [3.63, 3.8) is 0 Å². The molecule has 1 fully saturated rings. The topological polar surface area (TPSA) is 36.4 Å². The molecular weight excluding hydrogens is 354 g/mol. The minimum absolute atomic E-state index is 0.0934. The summed E-state index contributed by atoms with van der Waals surface area (Å²) in [5, 5.41) is 2.03. The second-order valence-electron chi connectivity index (χ2n) is 6.91. The molecule has 27 heavy (non-hydrogen) atoms. The third-order valence-electron chi connectivity index (χ3n) is 5.26. The number of thiophene rings is 1.